The maximum Gasteiger partial charge on any atom is 0.310 e. The smallest absolute Gasteiger partial charge is 0.310 e. The van der Waals surface area contributed by atoms with Crippen LogP contribution >= 0.6 is 0 Å². The van der Waals surface area contributed by atoms with Crippen molar-refractivity contribution >= 4 is 11.9 Å². The third kappa shape index (κ3) is 13.5. The monoisotopic (exact) mass is 455 g/mol. The largest absolute Gasteiger partial charge is 0.481 e. The van der Waals surface area contributed by atoms with Crippen molar-refractivity contribution in [1.29, 1.82) is 0 Å². The number of pyridine rings is 1. The lowest BCUT2D eigenvalue weighted by Crippen LogP contribution is -2.36. The van der Waals surface area contributed by atoms with Gasteiger partial charge in [0.25, 0.3) is 0 Å². The molecule has 0 aromatic carbocycles. The zero-order chi connectivity index (χ0) is 24.2. The molecule has 1 aromatic heterocycles. The normalized spacial score (nSPS) is 13.7. The van der Waals surface area contributed by atoms with Gasteiger partial charge in [-0.2, -0.15) is 0 Å². The van der Waals surface area contributed by atoms with Crippen molar-refractivity contribution < 1.29 is 19.8 Å². The first kappa shape index (κ1) is 28.3. The van der Waals surface area contributed by atoms with Gasteiger partial charge in [0.05, 0.1) is 11.8 Å². The predicted octanol–water partition coefficient (Wildman–Crippen LogP) is 7.15. The number of aliphatic carboxylic acids is 2. The van der Waals surface area contributed by atoms with Crippen LogP contribution < -0.4 is 0 Å². The number of unbranched alkanes of at least 4 members (excludes halogenated alkanes) is 6. The van der Waals surface area contributed by atoms with Gasteiger partial charge in [-0.25, -0.2) is 0 Å². The van der Waals surface area contributed by atoms with E-state index in [1.54, 1.807) is 24.5 Å². The van der Waals surface area contributed by atoms with Crippen molar-refractivity contribution in [3.63, 3.8) is 0 Å². The number of rotatable bonds is 19. The Balaban J connectivity index is 2.31. The molecule has 1 aromatic rings. The highest BCUT2D eigenvalue weighted by Gasteiger charge is 2.40. The van der Waals surface area contributed by atoms with E-state index >= 15 is 0 Å². The number of carboxylic acids is 2. The molecule has 0 bridgehead atoms. The first-order chi connectivity index (χ1) is 16.0. The molecule has 5 heteroatoms. The maximum absolute atomic E-state index is 12.0. The van der Waals surface area contributed by atoms with Crippen LogP contribution in [0.4, 0.5) is 0 Å². The predicted molar refractivity (Wildman–Crippen MR) is 134 cm³/mol. The highest BCUT2D eigenvalue weighted by atomic mass is 16.4. The molecular weight excluding hydrogens is 414 g/mol. The van der Waals surface area contributed by atoms with Crippen molar-refractivity contribution in [3.05, 3.63) is 66.5 Å². The van der Waals surface area contributed by atoms with Crippen LogP contribution in [0.3, 0.4) is 0 Å². The molecule has 182 valence electrons. The third-order valence-electron chi connectivity index (χ3n) is 5.75. The zero-order valence-electron chi connectivity index (χ0n) is 20.1. The molecule has 0 aliphatic heterocycles. The van der Waals surface area contributed by atoms with Crippen LogP contribution in [-0.2, 0) is 16.0 Å². The molecule has 0 saturated heterocycles. The van der Waals surface area contributed by atoms with Crippen molar-refractivity contribution in [3.8, 4) is 0 Å². The van der Waals surface area contributed by atoms with E-state index in [0.717, 1.165) is 37.7 Å². The van der Waals surface area contributed by atoms with Crippen molar-refractivity contribution in [2.45, 2.75) is 90.4 Å². The lowest BCUT2D eigenvalue weighted by Gasteiger charge is -2.28. The van der Waals surface area contributed by atoms with E-state index in [2.05, 4.69) is 48.4 Å². The number of aromatic nitrogens is 1. The fraction of sp³-hybridized carbons (Fsp3) is 0.536. The summed E-state index contributed by atoms with van der Waals surface area (Å²) in [5.74, 6) is -2.12. The minimum absolute atomic E-state index is 0.183. The second-order valence-corrected chi connectivity index (χ2v) is 8.67. The van der Waals surface area contributed by atoms with Crippen LogP contribution in [0.1, 0.15) is 89.5 Å². The molecule has 0 saturated carbocycles. The number of allylic oxidation sites excluding steroid dienone is 6. The van der Waals surface area contributed by atoms with Crippen LogP contribution in [0.2, 0.25) is 0 Å². The molecule has 0 amide bonds. The van der Waals surface area contributed by atoms with Gasteiger partial charge in [-0.3, -0.25) is 14.6 Å². The van der Waals surface area contributed by atoms with E-state index in [9.17, 15) is 19.8 Å². The fourth-order valence-electron chi connectivity index (χ4n) is 3.87. The lowest BCUT2D eigenvalue weighted by molar-refractivity contribution is -0.156. The summed E-state index contributed by atoms with van der Waals surface area (Å²) >= 11 is 0. The molecule has 33 heavy (non-hydrogen) atoms. The summed E-state index contributed by atoms with van der Waals surface area (Å²) in [4.78, 5) is 27.5. The Morgan fingerprint density at radius 2 is 1.55 bits per heavy atom. The summed E-state index contributed by atoms with van der Waals surface area (Å²) < 4.78 is 0. The Kier molecular flexibility index (Phi) is 15.3. The first-order valence-corrected chi connectivity index (χ1v) is 12.3. The number of hydrogen-bond acceptors (Lipinski definition) is 3. The minimum Gasteiger partial charge on any atom is -0.481 e. The highest BCUT2D eigenvalue weighted by molar-refractivity contribution is 5.81. The summed E-state index contributed by atoms with van der Waals surface area (Å²) in [6, 6.07) is 3.55. The Bertz CT molecular complexity index is 754. The van der Waals surface area contributed by atoms with Crippen LogP contribution in [0.5, 0.6) is 0 Å². The Morgan fingerprint density at radius 3 is 2.09 bits per heavy atom. The summed E-state index contributed by atoms with van der Waals surface area (Å²) in [6.45, 7) is 2.22. The van der Waals surface area contributed by atoms with E-state index in [4.69, 9.17) is 0 Å². The lowest BCUT2D eigenvalue weighted by atomic mass is 9.75. The second kappa shape index (κ2) is 17.8. The Hall–Kier alpha value is -2.69. The molecule has 0 aliphatic rings. The fourth-order valence-corrected chi connectivity index (χ4v) is 3.87. The average molecular weight is 456 g/mol. The SMILES string of the molecule is CCCCC/C=C\C/C=C\C/C=C\CCCCCC(CC(=O)O)(Cc1cccnc1)C(=O)O. The quantitative estimate of drug-likeness (QED) is 0.171. The molecule has 5 nitrogen and oxygen atoms in total. The number of nitrogens with zero attached hydrogens (tertiary/aromatic N) is 1. The van der Waals surface area contributed by atoms with Gasteiger partial charge in [0.2, 0.25) is 0 Å². The van der Waals surface area contributed by atoms with Gasteiger partial charge in [-0.05, 0) is 63.0 Å². The van der Waals surface area contributed by atoms with Gasteiger partial charge in [0, 0.05) is 12.4 Å². The second-order valence-electron chi connectivity index (χ2n) is 8.67. The number of carbonyl (C=O) groups is 2. The van der Waals surface area contributed by atoms with E-state index in [-0.39, 0.29) is 12.8 Å². The van der Waals surface area contributed by atoms with Gasteiger partial charge >= 0.3 is 11.9 Å². The molecule has 1 atom stereocenters. The van der Waals surface area contributed by atoms with Crippen molar-refractivity contribution in [1.82, 2.24) is 4.98 Å². The molecule has 1 unspecified atom stereocenters. The molecular formula is C28H41NO4. The van der Waals surface area contributed by atoms with Crippen LogP contribution in [0.15, 0.2) is 61.0 Å². The Labute approximate surface area is 199 Å². The minimum atomic E-state index is -1.29. The maximum atomic E-state index is 12.0. The summed E-state index contributed by atoms with van der Waals surface area (Å²) in [7, 11) is 0. The molecule has 2 N–H and O–H groups in total. The van der Waals surface area contributed by atoms with Crippen LogP contribution in [0.25, 0.3) is 0 Å². The summed E-state index contributed by atoms with van der Waals surface area (Å²) in [5, 5.41) is 19.2. The Morgan fingerprint density at radius 1 is 0.909 bits per heavy atom. The molecule has 0 spiro atoms. The number of carboxylic acid groups (broad SMARTS) is 2. The number of hydrogen-bond donors (Lipinski definition) is 2. The molecule has 0 radical (unpaired) electrons. The van der Waals surface area contributed by atoms with Gasteiger partial charge in [0.1, 0.15) is 0 Å². The highest BCUT2D eigenvalue weighted by Crippen LogP contribution is 2.34. The average Bonchev–Trinajstić information content (AvgIpc) is 2.78. The van der Waals surface area contributed by atoms with E-state index < -0.39 is 17.4 Å². The van der Waals surface area contributed by atoms with Gasteiger partial charge in [-0.1, -0.05) is 75.1 Å². The zero-order valence-corrected chi connectivity index (χ0v) is 20.1. The first-order valence-electron chi connectivity index (χ1n) is 12.3. The van der Waals surface area contributed by atoms with E-state index in [1.807, 2.05) is 0 Å². The standard InChI is InChI=1S/C28H41NO4/c1-2-3-4-5-6-7-8-9-10-11-12-13-14-15-16-17-20-28(27(32)33,23-26(30)31)22-25-19-18-21-29-24-25/h6-7,9-10,12-13,18-19,21,24H,2-5,8,11,14-17,20,22-23H2,1H3,(H,30,31)(H,32,33)/b7-6-,10-9-,13-12-. The topological polar surface area (TPSA) is 87.5 Å². The van der Waals surface area contributed by atoms with Crippen molar-refractivity contribution in [2.75, 3.05) is 0 Å². The van der Waals surface area contributed by atoms with E-state index in [1.165, 1.54) is 25.7 Å². The molecule has 0 aliphatic carbocycles. The van der Waals surface area contributed by atoms with Crippen LogP contribution in [0, 0.1) is 5.41 Å². The van der Waals surface area contributed by atoms with Gasteiger partial charge in [0.15, 0.2) is 0 Å². The van der Waals surface area contributed by atoms with Gasteiger partial charge < -0.3 is 10.2 Å². The van der Waals surface area contributed by atoms with Crippen molar-refractivity contribution in [2.24, 2.45) is 5.41 Å². The molecule has 1 heterocycles. The summed E-state index contributed by atoms with van der Waals surface area (Å²) in [5.41, 5.74) is -0.538. The van der Waals surface area contributed by atoms with E-state index in [0.29, 0.717) is 12.8 Å². The molecule has 1 rings (SSSR count). The van der Waals surface area contributed by atoms with Gasteiger partial charge in [-0.15, -0.1) is 0 Å². The van der Waals surface area contributed by atoms with Crippen LogP contribution in [-0.4, -0.2) is 27.1 Å². The summed E-state index contributed by atoms with van der Waals surface area (Å²) in [6.07, 6.45) is 27.0. The third-order valence-corrected chi connectivity index (χ3v) is 5.75. The molecule has 0 fully saturated rings.